The van der Waals surface area contributed by atoms with Crippen LogP contribution >= 0.6 is 23.4 Å². The van der Waals surface area contributed by atoms with Crippen LogP contribution in [0, 0.1) is 6.07 Å². The van der Waals surface area contributed by atoms with E-state index in [4.69, 9.17) is 11.6 Å². The summed E-state index contributed by atoms with van der Waals surface area (Å²) in [5.41, 5.74) is 0. The van der Waals surface area contributed by atoms with E-state index in [9.17, 15) is 0 Å². The quantitative estimate of drug-likeness (QED) is 0.726. The van der Waals surface area contributed by atoms with Crippen molar-refractivity contribution in [1.82, 2.24) is 0 Å². The van der Waals surface area contributed by atoms with E-state index in [1.54, 1.807) is 11.8 Å². The topological polar surface area (TPSA) is 0 Å². The Hall–Kier alpha value is -0.920. The van der Waals surface area contributed by atoms with Gasteiger partial charge in [0.1, 0.15) is 0 Å². The van der Waals surface area contributed by atoms with Crippen molar-refractivity contribution >= 4 is 23.4 Å². The zero-order valence-electron chi connectivity index (χ0n) is 7.41. The van der Waals surface area contributed by atoms with Crippen LogP contribution in [-0.4, -0.2) is 0 Å². The minimum absolute atomic E-state index is 0.751. The summed E-state index contributed by atoms with van der Waals surface area (Å²) < 4.78 is 0. The molecule has 2 aromatic rings. The maximum absolute atomic E-state index is 6.02. The highest BCUT2D eigenvalue weighted by Gasteiger charge is 2.00. The number of hydrogen-bond acceptors (Lipinski definition) is 1. The predicted octanol–water partition coefficient (Wildman–Crippen LogP) is 4.29. The fraction of sp³-hybridized carbons (Fsp3) is 0. The first kappa shape index (κ1) is 9.63. The van der Waals surface area contributed by atoms with E-state index >= 15 is 0 Å². The van der Waals surface area contributed by atoms with Crippen LogP contribution in [0.1, 0.15) is 0 Å². The maximum atomic E-state index is 6.02. The molecule has 14 heavy (non-hydrogen) atoms. The second-order valence-corrected chi connectivity index (χ2v) is 4.25. The van der Waals surface area contributed by atoms with Gasteiger partial charge >= 0.3 is 0 Å². The average Bonchev–Trinajstić information content (AvgIpc) is 2.23. The van der Waals surface area contributed by atoms with Gasteiger partial charge in [-0.3, -0.25) is 0 Å². The van der Waals surface area contributed by atoms with Crippen LogP contribution in [0.2, 0.25) is 5.02 Å². The van der Waals surface area contributed by atoms with Crippen LogP contribution < -0.4 is 0 Å². The minimum atomic E-state index is 0.751. The van der Waals surface area contributed by atoms with Crippen LogP contribution in [0.15, 0.2) is 58.3 Å². The summed E-state index contributed by atoms with van der Waals surface area (Å²) in [6.45, 7) is 0. The molecule has 2 aromatic carbocycles. The van der Waals surface area contributed by atoms with E-state index in [1.165, 1.54) is 4.90 Å². The SMILES string of the molecule is Clc1ccc[c]c1Sc1ccccc1. The van der Waals surface area contributed by atoms with E-state index in [0.717, 1.165) is 9.92 Å². The summed E-state index contributed by atoms with van der Waals surface area (Å²) in [5.74, 6) is 0. The molecule has 0 amide bonds. The molecule has 0 aliphatic rings. The van der Waals surface area contributed by atoms with E-state index in [1.807, 2.05) is 36.4 Å². The molecule has 0 aromatic heterocycles. The summed E-state index contributed by atoms with van der Waals surface area (Å²) in [4.78, 5) is 2.15. The lowest BCUT2D eigenvalue weighted by Gasteiger charge is -2.02. The molecule has 0 fully saturated rings. The van der Waals surface area contributed by atoms with Crippen molar-refractivity contribution < 1.29 is 0 Å². The first-order chi connectivity index (χ1) is 6.86. The van der Waals surface area contributed by atoms with Gasteiger partial charge in [0.25, 0.3) is 0 Å². The molecule has 0 N–H and O–H groups in total. The fourth-order valence-corrected chi connectivity index (χ4v) is 2.15. The molecule has 2 rings (SSSR count). The van der Waals surface area contributed by atoms with Crippen molar-refractivity contribution in [3.8, 4) is 0 Å². The first-order valence-electron chi connectivity index (χ1n) is 4.25. The van der Waals surface area contributed by atoms with Crippen molar-refractivity contribution in [3.05, 3.63) is 59.6 Å². The molecule has 0 atom stereocenters. The summed E-state index contributed by atoms with van der Waals surface area (Å²) in [7, 11) is 0. The van der Waals surface area contributed by atoms with Crippen LogP contribution in [0.25, 0.3) is 0 Å². The summed E-state index contributed by atoms with van der Waals surface area (Å²) in [5, 5.41) is 0.751. The molecule has 1 radical (unpaired) electrons. The Morgan fingerprint density at radius 3 is 2.50 bits per heavy atom. The van der Waals surface area contributed by atoms with Crippen LogP contribution in [0.5, 0.6) is 0 Å². The molecule has 0 unspecified atom stereocenters. The zero-order valence-corrected chi connectivity index (χ0v) is 8.98. The highest BCUT2D eigenvalue weighted by molar-refractivity contribution is 7.99. The molecule has 0 saturated carbocycles. The van der Waals surface area contributed by atoms with Crippen LogP contribution in [0.3, 0.4) is 0 Å². The Kier molecular flexibility index (Phi) is 3.12. The monoisotopic (exact) mass is 219 g/mol. The Balaban J connectivity index is 2.24. The minimum Gasteiger partial charge on any atom is -0.0879 e. The highest BCUT2D eigenvalue weighted by atomic mass is 35.5. The third kappa shape index (κ3) is 2.31. The van der Waals surface area contributed by atoms with Gasteiger partial charge in [0.2, 0.25) is 0 Å². The van der Waals surface area contributed by atoms with Gasteiger partial charge in [-0.15, -0.1) is 0 Å². The lowest BCUT2D eigenvalue weighted by Crippen LogP contribution is -1.74. The van der Waals surface area contributed by atoms with Gasteiger partial charge in [0, 0.05) is 9.79 Å². The summed E-state index contributed by atoms with van der Waals surface area (Å²) in [6.07, 6.45) is 0. The lowest BCUT2D eigenvalue weighted by atomic mass is 10.4. The number of halogens is 1. The number of rotatable bonds is 2. The van der Waals surface area contributed by atoms with Crippen molar-refractivity contribution in [2.75, 3.05) is 0 Å². The van der Waals surface area contributed by atoms with Gasteiger partial charge in [-0.2, -0.15) is 0 Å². The van der Waals surface area contributed by atoms with Crippen LogP contribution in [-0.2, 0) is 0 Å². The summed E-state index contributed by atoms with van der Waals surface area (Å²) >= 11 is 7.65. The summed E-state index contributed by atoms with van der Waals surface area (Å²) in [6, 6.07) is 18.9. The highest BCUT2D eigenvalue weighted by Crippen LogP contribution is 2.32. The van der Waals surface area contributed by atoms with Gasteiger partial charge in [-0.1, -0.05) is 53.7 Å². The third-order valence-corrected chi connectivity index (χ3v) is 3.21. The van der Waals surface area contributed by atoms with Gasteiger partial charge in [0.15, 0.2) is 0 Å². The Morgan fingerprint density at radius 2 is 1.79 bits per heavy atom. The third-order valence-electron chi connectivity index (χ3n) is 1.73. The lowest BCUT2D eigenvalue weighted by molar-refractivity contribution is 1.40. The number of hydrogen-bond donors (Lipinski definition) is 0. The smallest absolute Gasteiger partial charge is 0.0551 e. The van der Waals surface area contributed by atoms with Gasteiger partial charge < -0.3 is 0 Å². The maximum Gasteiger partial charge on any atom is 0.0551 e. The molecule has 0 bridgehead atoms. The molecular formula is C12H8ClS. The Labute approximate surface area is 92.9 Å². The molecule has 0 saturated heterocycles. The van der Waals surface area contributed by atoms with Gasteiger partial charge in [-0.05, 0) is 24.3 Å². The molecule has 0 heterocycles. The van der Waals surface area contributed by atoms with Gasteiger partial charge in [0.05, 0.1) is 5.02 Å². The van der Waals surface area contributed by atoms with Crippen molar-refractivity contribution in [3.63, 3.8) is 0 Å². The van der Waals surface area contributed by atoms with E-state index in [-0.39, 0.29) is 0 Å². The fourth-order valence-electron chi connectivity index (χ4n) is 1.09. The Morgan fingerprint density at radius 1 is 1.00 bits per heavy atom. The molecule has 69 valence electrons. The van der Waals surface area contributed by atoms with Crippen LogP contribution in [0.4, 0.5) is 0 Å². The average molecular weight is 220 g/mol. The molecule has 0 nitrogen and oxygen atoms in total. The molecule has 0 aliphatic heterocycles. The van der Waals surface area contributed by atoms with Crippen molar-refractivity contribution in [2.24, 2.45) is 0 Å². The van der Waals surface area contributed by atoms with Gasteiger partial charge in [-0.25, -0.2) is 0 Å². The van der Waals surface area contributed by atoms with Crippen molar-refractivity contribution in [2.45, 2.75) is 9.79 Å². The van der Waals surface area contributed by atoms with E-state index < -0.39 is 0 Å². The Bertz CT molecular complexity index is 412. The van der Waals surface area contributed by atoms with E-state index in [2.05, 4.69) is 18.2 Å². The molecule has 0 aliphatic carbocycles. The zero-order chi connectivity index (χ0) is 9.80. The molecule has 0 spiro atoms. The normalized spacial score (nSPS) is 10.1. The molecular weight excluding hydrogens is 212 g/mol. The standard InChI is InChI=1S/C12H8ClS/c13-11-8-4-5-9-12(11)14-10-6-2-1-3-7-10/h1-8H. The predicted molar refractivity (Wildman–Crippen MR) is 60.9 cm³/mol. The second-order valence-electron chi connectivity index (χ2n) is 2.76. The second kappa shape index (κ2) is 4.54. The van der Waals surface area contributed by atoms with Crippen molar-refractivity contribution in [1.29, 1.82) is 0 Å². The number of benzene rings is 2. The van der Waals surface area contributed by atoms with E-state index in [0.29, 0.717) is 0 Å². The largest absolute Gasteiger partial charge is 0.0879 e. The molecule has 2 heteroatoms. The first-order valence-corrected chi connectivity index (χ1v) is 5.45.